The fourth-order valence-corrected chi connectivity index (χ4v) is 1.92. The Morgan fingerprint density at radius 2 is 1.93 bits per heavy atom. The first-order chi connectivity index (χ1) is 6.52. The molecule has 1 unspecified atom stereocenters. The Balaban J connectivity index is 2.53. The average molecular weight is 190 g/mol. The predicted molar refractivity (Wildman–Crippen MR) is 54.6 cm³/mol. The first-order valence-corrected chi connectivity index (χ1v) is 4.84. The molecule has 0 radical (unpaired) electrons. The molecule has 2 rings (SSSR count). The van der Waals surface area contributed by atoms with Crippen LogP contribution in [0.1, 0.15) is 32.3 Å². The molecule has 0 fully saturated rings. The minimum Gasteiger partial charge on any atom is -0.480 e. The van der Waals surface area contributed by atoms with Crippen molar-refractivity contribution < 1.29 is 9.53 Å². The van der Waals surface area contributed by atoms with E-state index >= 15 is 0 Å². The Labute approximate surface area is 83.9 Å². The van der Waals surface area contributed by atoms with E-state index in [-0.39, 0.29) is 11.7 Å². The molecule has 0 saturated heterocycles. The number of benzene rings is 1. The summed E-state index contributed by atoms with van der Waals surface area (Å²) in [6.45, 7) is 5.58. The summed E-state index contributed by atoms with van der Waals surface area (Å²) < 4.78 is 5.65. The Morgan fingerprint density at radius 1 is 1.29 bits per heavy atom. The molecule has 1 aliphatic rings. The van der Waals surface area contributed by atoms with Crippen LogP contribution in [-0.4, -0.2) is 11.4 Å². The molecule has 0 N–H and O–H groups in total. The van der Waals surface area contributed by atoms with Gasteiger partial charge in [0.15, 0.2) is 11.4 Å². The van der Waals surface area contributed by atoms with Crippen molar-refractivity contribution in [1.29, 1.82) is 0 Å². The zero-order valence-corrected chi connectivity index (χ0v) is 8.70. The van der Waals surface area contributed by atoms with E-state index in [1.54, 1.807) is 0 Å². The van der Waals surface area contributed by atoms with Crippen LogP contribution in [-0.2, 0) is 4.79 Å². The quantitative estimate of drug-likeness (QED) is 0.628. The van der Waals surface area contributed by atoms with Gasteiger partial charge in [-0.3, -0.25) is 4.79 Å². The maximum Gasteiger partial charge on any atom is 0.183 e. The highest BCUT2D eigenvalue weighted by Crippen LogP contribution is 2.37. The van der Waals surface area contributed by atoms with Gasteiger partial charge >= 0.3 is 0 Å². The van der Waals surface area contributed by atoms with E-state index in [0.29, 0.717) is 0 Å². The first-order valence-electron chi connectivity index (χ1n) is 4.84. The maximum atomic E-state index is 11.9. The molecule has 2 heteroatoms. The van der Waals surface area contributed by atoms with Gasteiger partial charge in [-0.1, -0.05) is 25.1 Å². The molecule has 1 aliphatic heterocycles. The maximum absolute atomic E-state index is 11.9. The van der Waals surface area contributed by atoms with Crippen molar-refractivity contribution in [3.63, 3.8) is 0 Å². The van der Waals surface area contributed by atoms with E-state index in [4.69, 9.17) is 4.74 Å². The number of hydrogen-bond donors (Lipinski definition) is 0. The Hall–Kier alpha value is -1.31. The van der Waals surface area contributed by atoms with Gasteiger partial charge in [0.2, 0.25) is 0 Å². The lowest BCUT2D eigenvalue weighted by Gasteiger charge is -2.34. The lowest BCUT2D eigenvalue weighted by molar-refractivity contribution is -0.134. The summed E-state index contributed by atoms with van der Waals surface area (Å²) in [6.07, 6.45) is 0. The number of Topliss-reactive ketones (excluding diaryl/α,β-unsaturated/α-hetero) is 1. The van der Waals surface area contributed by atoms with Crippen LogP contribution >= 0.6 is 0 Å². The third kappa shape index (κ3) is 1.22. The van der Waals surface area contributed by atoms with E-state index < -0.39 is 5.60 Å². The van der Waals surface area contributed by atoms with E-state index in [1.165, 1.54) is 0 Å². The largest absolute Gasteiger partial charge is 0.480 e. The van der Waals surface area contributed by atoms with Crippen LogP contribution in [0.2, 0.25) is 0 Å². The van der Waals surface area contributed by atoms with Gasteiger partial charge in [-0.05, 0) is 19.9 Å². The Bertz CT molecular complexity index is 380. The number of carbonyl (C=O) groups is 1. The van der Waals surface area contributed by atoms with Crippen molar-refractivity contribution in [3.05, 3.63) is 29.8 Å². The molecule has 0 aromatic heterocycles. The molecule has 1 aromatic carbocycles. The summed E-state index contributed by atoms with van der Waals surface area (Å²) in [7, 11) is 0. The zero-order valence-electron chi connectivity index (χ0n) is 8.70. The van der Waals surface area contributed by atoms with Crippen LogP contribution in [0.15, 0.2) is 24.3 Å². The average Bonchev–Trinajstić information content (AvgIpc) is 2.14. The van der Waals surface area contributed by atoms with Crippen LogP contribution in [0.4, 0.5) is 0 Å². The van der Waals surface area contributed by atoms with Crippen molar-refractivity contribution in [2.75, 3.05) is 0 Å². The predicted octanol–water partition coefficient (Wildman–Crippen LogP) is 2.53. The second-order valence-corrected chi connectivity index (χ2v) is 4.24. The fraction of sp³-hybridized carbons (Fsp3) is 0.417. The zero-order chi connectivity index (χ0) is 10.3. The molecule has 0 saturated carbocycles. The van der Waals surface area contributed by atoms with Crippen LogP contribution in [0.25, 0.3) is 0 Å². The third-order valence-electron chi connectivity index (χ3n) is 2.74. The van der Waals surface area contributed by atoms with Gasteiger partial charge in [0.1, 0.15) is 5.75 Å². The van der Waals surface area contributed by atoms with E-state index in [1.807, 2.05) is 45.0 Å². The lowest BCUT2D eigenvalue weighted by atomic mass is 9.84. The Kier molecular flexibility index (Phi) is 1.88. The SMILES string of the molecule is CC1C(=O)C(C)(C)Oc2ccccc21. The molecule has 2 nitrogen and oxygen atoms in total. The van der Waals surface area contributed by atoms with Crippen molar-refractivity contribution in [1.82, 2.24) is 0 Å². The summed E-state index contributed by atoms with van der Waals surface area (Å²) >= 11 is 0. The van der Waals surface area contributed by atoms with Crippen LogP contribution in [0, 0.1) is 0 Å². The monoisotopic (exact) mass is 190 g/mol. The highest BCUT2D eigenvalue weighted by Gasteiger charge is 2.39. The lowest BCUT2D eigenvalue weighted by Crippen LogP contribution is -2.44. The summed E-state index contributed by atoms with van der Waals surface area (Å²) in [5.41, 5.74) is 0.310. The van der Waals surface area contributed by atoms with E-state index in [2.05, 4.69) is 0 Å². The summed E-state index contributed by atoms with van der Waals surface area (Å²) in [4.78, 5) is 11.9. The topological polar surface area (TPSA) is 26.3 Å². The number of para-hydroxylation sites is 1. The van der Waals surface area contributed by atoms with Gasteiger partial charge in [0.05, 0.1) is 0 Å². The van der Waals surface area contributed by atoms with Crippen molar-refractivity contribution in [2.45, 2.75) is 32.3 Å². The number of fused-ring (bicyclic) bond motifs is 1. The molecule has 14 heavy (non-hydrogen) atoms. The minimum atomic E-state index is -0.687. The second kappa shape index (κ2) is 2.84. The first kappa shape index (κ1) is 9.25. The number of ether oxygens (including phenoxy) is 1. The van der Waals surface area contributed by atoms with Crippen LogP contribution < -0.4 is 4.74 Å². The summed E-state index contributed by atoms with van der Waals surface area (Å²) in [6, 6.07) is 7.73. The van der Waals surface area contributed by atoms with Gasteiger partial charge < -0.3 is 4.74 Å². The van der Waals surface area contributed by atoms with Gasteiger partial charge in [0.25, 0.3) is 0 Å². The molecule has 0 amide bonds. The third-order valence-corrected chi connectivity index (χ3v) is 2.74. The van der Waals surface area contributed by atoms with E-state index in [9.17, 15) is 4.79 Å². The highest BCUT2D eigenvalue weighted by atomic mass is 16.5. The number of rotatable bonds is 0. The number of hydrogen-bond acceptors (Lipinski definition) is 2. The van der Waals surface area contributed by atoms with Crippen molar-refractivity contribution in [2.24, 2.45) is 0 Å². The number of ketones is 1. The fourth-order valence-electron chi connectivity index (χ4n) is 1.92. The van der Waals surface area contributed by atoms with Gasteiger partial charge in [-0.25, -0.2) is 0 Å². The molecule has 1 atom stereocenters. The summed E-state index contributed by atoms with van der Waals surface area (Å²) in [5, 5.41) is 0. The van der Waals surface area contributed by atoms with Gasteiger partial charge in [-0.15, -0.1) is 0 Å². The van der Waals surface area contributed by atoms with Crippen LogP contribution in [0.5, 0.6) is 5.75 Å². The van der Waals surface area contributed by atoms with Gasteiger partial charge in [0, 0.05) is 11.5 Å². The molecule has 1 aromatic rings. The Morgan fingerprint density at radius 3 is 2.64 bits per heavy atom. The smallest absolute Gasteiger partial charge is 0.183 e. The molecule has 0 spiro atoms. The molecule has 1 heterocycles. The highest BCUT2D eigenvalue weighted by molar-refractivity contribution is 5.94. The molecule has 0 bridgehead atoms. The second-order valence-electron chi connectivity index (χ2n) is 4.24. The minimum absolute atomic E-state index is 0.0602. The van der Waals surface area contributed by atoms with Gasteiger partial charge in [-0.2, -0.15) is 0 Å². The van der Waals surface area contributed by atoms with Crippen molar-refractivity contribution >= 4 is 5.78 Å². The number of carbonyl (C=O) groups excluding carboxylic acids is 1. The molecular weight excluding hydrogens is 176 g/mol. The van der Waals surface area contributed by atoms with E-state index in [0.717, 1.165) is 11.3 Å². The molecule has 74 valence electrons. The molecule has 0 aliphatic carbocycles. The standard InChI is InChI=1S/C12H14O2/c1-8-9-6-4-5-7-10(9)14-12(2,3)11(8)13/h4-8H,1-3H3. The van der Waals surface area contributed by atoms with Crippen molar-refractivity contribution in [3.8, 4) is 5.75 Å². The normalized spacial score (nSPS) is 23.9. The summed E-state index contributed by atoms with van der Waals surface area (Å²) in [5.74, 6) is 0.927. The molecular formula is C12H14O2. The van der Waals surface area contributed by atoms with Crippen LogP contribution in [0.3, 0.4) is 0 Å².